The molecule has 1 N–H and O–H groups in total. The quantitative estimate of drug-likeness (QED) is 0.537. The number of carbonyl (C=O) groups is 1. The highest BCUT2D eigenvalue weighted by molar-refractivity contribution is 5.65. The monoisotopic (exact) mass is 304 g/mol. The summed E-state index contributed by atoms with van der Waals surface area (Å²) >= 11 is 0. The Hall–Kier alpha value is -0.690. The van der Waals surface area contributed by atoms with E-state index in [1.54, 1.807) is 0 Å². The van der Waals surface area contributed by atoms with Crippen LogP contribution in [0.15, 0.2) is 0 Å². The van der Waals surface area contributed by atoms with Crippen LogP contribution in [-0.4, -0.2) is 56.5 Å². The Morgan fingerprint density at radius 1 is 1.10 bits per heavy atom. The number of aliphatic hydroxyl groups is 1. The zero-order valence-corrected chi connectivity index (χ0v) is 13.4. The van der Waals surface area contributed by atoms with Crippen molar-refractivity contribution in [1.82, 2.24) is 0 Å². The minimum Gasteiger partial charge on any atom is -0.463 e. The minimum atomic E-state index is -0.325. The summed E-state index contributed by atoms with van der Waals surface area (Å²) in [6.07, 6.45) is -0.474. The van der Waals surface area contributed by atoms with Gasteiger partial charge in [0.1, 0.15) is 6.61 Å². The van der Waals surface area contributed by atoms with Crippen molar-refractivity contribution in [2.45, 2.75) is 40.1 Å². The van der Waals surface area contributed by atoms with Crippen molar-refractivity contribution in [3.05, 3.63) is 0 Å². The molecule has 1 aliphatic rings. The van der Waals surface area contributed by atoms with Gasteiger partial charge in [-0.25, -0.2) is 0 Å². The lowest BCUT2D eigenvalue weighted by Crippen LogP contribution is -2.48. The second-order valence-electron chi connectivity index (χ2n) is 5.63. The molecule has 0 aromatic rings. The first-order chi connectivity index (χ1) is 9.97. The van der Waals surface area contributed by atoms with Crippen molar-refractivity contribution in [1.29, 1.82) is 0 Å². The molecule has 6 heteroatoms. The van der Waals surface area contributed by atoms with Crippen LogP contribution in [-0.2, 0) is 23.7 Å². The molecule has 5 atom stereocenters. The molecule has 1 rings (SSSR count). The van der Waals surface area contributed by atoms with Gasteiger partial charge in [-0.05, 0) is 11.8 Å². The molecular weight excluding hydrogens is 276 g/mol. The highest BCUT2D eigenvalue weighted by Crippen LogP contribution is 2.35. The van der Waals surface area contributed by atoms with Crippen LogP contribution in [0.5, 0.6) is 0 Å². The van der Waals surface area contributed by atoms with E-state index >= 15 is 0 Å². The Bertz CT molecular complexity index is 309. The lowest BCUT2D eigenvalue weighted by atomic mass is 9.79. The fourth-order valence-corrected chi connectivity index (χ4v) is 2.46. The Balaban J connectivity index is 2.44. The van der Waals surface area contributed by atoms with Crippen molar-refractivity contribution in [3.8, 4) is 0 Å². The summed E-state index contributed by atoms with van der Waals surface area (Å²) in [6.45, 7) is 9.18. The Morgan fingerprint density at radius 3 is 2.43 bits per heavy atom. The number of hydrogen-bond acceptors (Lipinski definition) is 6. The van der Waals surface area contributed by atoms with Gasteiger partial charge in [-0.3, -0.25) is 4.79 Å². The molecule has 1 heterocycles. The van der Waals surface area contributed by atoms with Gasteiger partial charge in [0.05, 0.1) is 32.5 Å². The van der Waals surface area contributed by atoms with Gasteiger partial charge in [0.25, 0.3) is 0 Å². The molecule has 0 amide bonds. The summed E-state index contributed by atoms with van der Waals surface area (Å²) < 4.78 is 21.9. The molecule has 1 fully saturated rings. The predicted molar refractivity (Wildman–Crippen MR) is 76.6 cm³/mol. The zero-order chi connectivity index (χ0) is 15.8. The van der Waals surface area contributed by atoms with Gasteiger partial charge in [-0.15, -0.1) is 0 Å². The maximum Gasteiger partial charge on any atom is 0.302 e. The SMILES string of the molecule is CC(=O)OCC1OC(OCCOCCO)C(C)C(C)C1C. The topological polar surface area (TPSA) is 74.2 Å². The Morgan fingerprint density at radius 2 is 1.81 bits per heavy atom. The van der Waals surface area contributed by atoms with Crippen LogP contribution in [0.3, 0.4) is 0 Å². The number of carbonyl (C=O) groups excluding carboxylic acids is 1. The van der Waals surface area contributed by atoms with Crippen molar-refractivity contribution in [3.63, 3.8) is 0 Å². The summed E-state index contributed by atoms with van der Waals surface area (Å²) in [4.78, 5) is 10.9. The van der Waals surface area contributed by atoms with Crippen molar-refractivity contribution in [2.75, 3.05) is 33.0 Å². The van der Waals surface area contributed by atoms with Crippen LogP contribution >= 0.6 is 0 Å². The van der Waals surface area contributed by atoms with Crippen LogP contribution < -0.4 is 0 Å². The van der Waals surface area contributed by atoms with Crippen LogP contribution in [0, 0.1) is 17.8 Å². The van der Waals surface area contributed by atoms with Crippen molar-refractivity contribution < 1.29 is 28.8 Å². The summed E-state index contributed by atoms with van der Waals surface area (Å²) in [5.41, 5.74) is 0. The highest BCUT2D eigenvalue weighted by Gasteiger charge is 2.39. The lowest BCUT2D eigenvalue weighted by molar-refractivity contribution is -0.258. The number of hydrogen-bond donors (Lipinski definition) is 1. The number of esters is 1. The summed E-state index contributed by atoms with van der Waals surface area (Å²) in [7, 11) is 0. The van der Waals surface area contributed by atoms with E-state index in [-0.39, 0.29) is 37.5 Å². The molecule has 124 valence electrons. The van der Waals surface area contributed by atoms with Gasteiger partial charge in [0, 0.05) is 12.8 Å². The average Bonchev–Trinajstić information content (AvgIpc) is 2.45. The lowest BCUT2D eigenvalue weighted by Gasteiger charge is -2.43. The van der Waals surface area contributed by atoms with E-state index in [1.807, 2.05) is 0 Å². The summed E-state index contributed by atoms with van der Waals surface area (Å²) in [5, 5.41) is 8.63. The summed E-state index contributed by atoms with van der Waals surface area (Å²) in [5.74, 6) is 0.658. The standard InChI is InChI=1S/C15H28O6/c1-10-11(2)14(9-20-13(4)17)21-15(12(10)3)19-8-7-18-6-5-16/h10-12,14-16H,5-9H2,1-4H3. The van der Waals surface area contributed by atoms with Crippen LogP contribution in [0.2, 0.25) is 0 Å². The third-order valence-electron chi connectivity index (χ3n) is 4.18. The number of rotatable bonds is 8. The second-order valence-corrected chi connectivity index (χ2v) is 5.63. The Labute approximate surface area is 126 Å². The molecular formula is C15H28O6. The van der Waals surface area contributed by atoms with Crippen LogP contribution in [0.4, 0.5) is 0 Å². The first-order valence-electron chi connectivity index (χ1n) is 7.56. The molecule has 0 spiro atoms. The van der Waals surface area contributed by atoms with Crippen LogP contribution in [0.25, 0.3) is 0 Å². The second kappa shape index (κ2) is 9.35. The fourth-order valence-electron chi connectivity index (χ4n) is 2.46. The minimum absolute atomic E-state index is 0.00927. The normalized spacial score (nSPS) is 32.9. The van der Waals surface area contributed by atoms with E-state index in [2.05, 4.69) is 20.8 Å². The smallest absolute Gasteiger partial charge is 0.302 e. The van der Waals surface area contributed by atoms with Crippen molar-refractivity contribution >= 4 is 5.97 Å². The number of ether oxygens (including phenoxy) is 4. The first-order valence-corrected chi connectivity index (χ1v) is 7.56. The van der Waals surface area contributed by atoms with E-state index in [1.165, 1.54) is 6.92 Å². The Kier molecular flexibility index (Phi) is 8.18. The molecule has 1 aliphatic heterocycles. The van der Waals surface area contributed by atoms with Gasteiger partial charge < -0.3 is 24.1 Å². The molecule has 0 radical (unpaired) electrons. The van der Waals surface area contributed by atoms with E-state index in [9.17, 15) is 4.79 Å². The molecule has 0 aromatic heterocycles. The average molecular weight is 304 g/mol. The molecule has 0 bridgehead atoms. The zero-order valence-electron chi connectivity index (χ0n) is 13.4. The first kappa shape index (κ1) is 18.4. The molecule has 21 heavy (non-hydrogen) atoms. The summed E-state index contributed by atoms with van der Waals surface area (Å²) in [6, 6.07) is 0. The molecule has 5 unspecified atom stereocenters. The molecule has 0 aliphatic carbocycles. The number of aliphatic hydroxyl groups excluding tert-OH is 1. The maximum atomic E-state index is 10.9. The largest absolute Gasteiger partial charge is 0.463 e. The van der Waals surface area contributed by atoms with Gasteiger partial charge in [0.15, 0.2) is 6.29 Å². The third kappa shape index (κ3) is 5.90. The maximum absolute atomic E-state index is 10.9. The van der Waals surface area contributed by atoms with Gasteiger partial charge in [-0.2, -0.15) is 0 Å². The van der Waals surface area contributed by atoms with E-state index in [4.69, 9.17) is 24.1 Å². The van der Waals surface area contributed by atoms with Gasteiger partial charge >= 0.3 is 5.97 Å². The molecule has 6 nitrogen and oxygen atoms in total. The van der Waals surface area contributed by atoms with Crippen molar-refractivity contribution in [2.24, 2.45) is 17.8 Å². The highest BCUT2D eigenvalue weighted by atomic mass is 16.7. The van der Waals surface area contributed by atoms with Crippen LogP contribution in [0.1, 0.15) is 27.7 Å². The molecule has 1 saturated heterocycles. The molecule has 0 aromatic carbocycles. The fraction of sp³-hybridized carbons (Fsp3) is 0.933. The van der Waals surface area contributed by atoms with E-state index in [0.717, 1.165) is 0 Å². The van der Waals surface area contributed by atoms with Gasteiger partial charge in [0.2, 0.25) is 0 Å². The van der Waals surface area contributed by atoms with E-state index in [0.29, 0.717) is 31.7 Å². The predicted octanol–water partition coefficient (Wildman–Crippen LogP) is 1.21. The van der Waals surface area contributed by atoms with Gasteiger partial charge in [-0.1, -0.05) is 20.8 Å². The molecule has 0 saturated carbocycles. The van der Waals surface area contributed by atoms with E-state index < -0.39 is 0 Å². The third-order valence-corrected chi connectivity index (χ3v) is 4.18.